The van der Waals surface area contributed by atoms with Gasteiger partial charge in [0.1, 0.15) is 11.5 Å². The van der Waals surface area contributed by atoms with Crippen LogP contribution in [0.2, 0.25) is 5.02 Å². The first-order valence-corrected chi connectivity index (χ1v) is 6.34. The fourth-order valence-electron chi connectivity index (χ4n) is 1.93. The van der Waals surface area contributed by atoms with Crippen LogP contribution >= 0.6 is 23.2 Å². The molecule has 0 aliphatic heterocycles. The molecular formula is C14H14Cl2O. The number of hydrogen-bond acceptors (Lipinski definition) is 1. The van der Waals surface area contributed by atoms with Gasteiger partial charge in [-0.1, -0.05) is 29.8 Å². The van der Waals surface area contributed by atoms with Gasteiger partial charge in [0.25, 0.3) is 0 Å². The Balaban J connectivity index is 2.20. The number of hydrogen-bond donors (Lipinski definition) is 0. The lowest BCUT2D eigenvalue weighted by Gasteiger charge is -2.09. The highest BCUT2D eigenvalue weighted by molar-refractivity contribution is 6.31. The van der Waals surface area contributed by atoms with Crippen molar-refractivity contribution in [3.8, 4) is 0 Å². The van der Waals surface area contributed by atoms with Gasteiger partial charge >= 0.3 is 0 Å². The summed E-state index contributed by atoms with van der Waals surface area (Å²) < 4.78 is 5.49. The molecule has 0 saturated heterocycles. The summed E-state index contributed by atoms with van der Waals surface area (Å²) in [6.07, 6.45) is 0.709. The zero-order valence-corrected chi connectivity index (χ0v) is 11.3. The van der Waals surface area contributed by atoms with Gasteiger partial charge in [-0.05, 0) is 38.0 Å². The minimum Gasteiger partial charge on any atom is -0.466 e. The van der Waals surface area contributed by atoms with Crippen LogP contribution in [0.5, 0.6) is 0 Å². The molecule has 1 heterocycles. The van der Waals surface area contributed by atoms with Gasteiger partial charge < -0.3 is 4.42 Å². The second-order valence-electron chi connectivity index (χ2n) is 4.13. The Hall–Kier alpha value is -0.920. The molecule has 0 fully saturated rings. The monoisotopic (exact) mass is 268 g/mol. The molecule has 1 unspecified atom stereocenters. The SMILES string of the molecule is Cc1cc(C(Cl)Cc2ccccc2Cl)c(C)o1. The second kappa shape index (κ2) is 5.16. The average molecular weight is 269 g/mol. The van der Waals surface area contributed by atoms with E-state index in [0.717, 1.165) is 27.7 Å². The van der Waals surface area contributed by atoms with E-state index in [-0.39, 0.29) is 5.38 Å². The molecule has 90 valence electrons. The highest BCUT2D eigenvalue weighted by Gasteiger charge is 2.16. The third-order valence-corrected chi connectivity index (χ3v) is 3.53. The molecule has 0 radical (unpaired) electrons. The van der Waals surface area contributed by atoms with Gasteiger partial charge in [0.15, 0.2) is 0 Å². The van der Waals surface area contributed by atoms with Crippen molar-refractivity contribution < 1.29 is 4.42 Å². The maximum absolute atomic E-state index is 6.41. The minimum absolute atomic E-state index is 0.104. The standard InChI is InChI=1S/C14H14Cl2O/c1-9-7-12(10(2)17-9)14(16)8-11-5-3-4-6-13(11)15/h3-7,14H,8H2,1-2H3. The van der Waals surface area contributed by atoms with Crippen molar-refractivity contribution in [2.75, 3.05) is 0 Å². The second-order valence-corrected chi connectivity index (χ2v) is 5.07. The topological polar surface area (TPSA) is 13.1 Å². The predicted octanol–water partition coefficient (Wildman–Crippen LogP) is 5.07. The fourth-order valence-corrected chi connectivity index (χ4v) is 2.52. The zero-order chi connectivity index (χ0) is 12.4. The number of halogens is 2. The van der Waals surface area contributed by atoms with Crippen LogP contribution in [0.1, 0.15) is 28.0 Å². The Labute approximate surface area is 111 Å². The summed E-state index contributed by atoms with van der Waals surface area (Å²) in [4.78, 5) is 0. The van der Waals surface area contributed by atoms with Crippen LogP contribution in [0.15, 0.2) is 34.7 Å². The molecule has 1 aromatic carbocycles. The summed E-state index contributed by atoms with van der Waals surface area (Å²) in [5.41, 5.74) is 2.11. The lowest BCUT2D eigenvalue weighted by atomic mass is 10.0. The van der Waals surface area contributed by atoms with Crippen molar-refractivity contribution in [3.05, 3.63) is 58.0 Å². The lowest BCUT2D eigenvalue weighted by Crippen LogP contribution is -1.96. The summed E-state index contributed by atoms with van der Waals surface area (Å²) in [6, 6.07) is 9.76. The number of rotatable bonds is 3. The van der Waals surface area contributed by atoms with Crippen molar-refractivity contribution >= 4 is 23.2 Å². The normalized spacial score (nSPS) is 12.7. The van der Waals surface area contributed by atoms with Gasteiger partial charge in [-0.25, -0.2) is 0 Å². The molecule has 0 aliphatic rings. The molecule has 3 heteroatoms. The van der Waals surface area contributed by atoms with Crippen LogP contribution in [-0.4, -0.2) is 0 Å². The quantitative estimate of drug-likeness (QED) is 0.709. The van der Waals surface area contributed by atoms with Crippen LogP contribution in [0.4, 0.5) is 0 Å². The molecule has 1 aromatic heterocycles. The van der Waals surface area contributed by atoms with E-state index in [1.54, 1.807) is 0 Å². The van der Waals surface area contributed by atoms with E-state index in [0.29, 0.717) is 6.42 Å². The van der Waals surface area contributed by atoms with Crippen LogP contribution in [-0.2, 0) is 6.42 Å². The summed E-state index contributed by atoms with van der Waals surface area (Å²) in [5, 5.41) is 0.656. The molecule has 0 amide bonds. The molecule has 0 aliphatic carbocycles. The predicted molar refractivity (Wildman–Crippen MR) is 71.9 cm³/mol. The molecule has 0 N–H and O–H groups in total. The first-order chi connectivity index (χ1) is 8.08. The first-order valence-electron chi connectivity index (χ1n) is 5.52. The Morgan fingerprint density at radius 3 is 2.53 bits per heavy atom. The zero-order valence-electron chi connectivity index (χ0n) is 9.84. The van der Waals surface area contributed by atoms with Crippen LogP contribution < -0.4 is 0 Å². The van der Waals surface area contributed by atoms with Gasteiger partial charge in [-0.2, -0.15) is 0 Å². The van der Waals surface area contributed by atoms with E-state index in [9.17, 15) is 0 Å². The van der Waals surface area contributed by atoms with Gasteiger partial charge in [0, 0.05) is 10.6 Å². The third-order valence-electron chi connectivity index (χ3n) is 2.77. The van der Waals surface area contributed by atoms with Crippen molar-refractivity contribution in [2.45, 2.75) is 25.6 Å². The molecular weight excluding hydrogens is 255 g/mol. The maximum atomic E-state index is 6.41. The number of benzene rings is 1. The largest absolute Gasteiger partial charge is 0.466 e. The maximum Gasteiger partial charge on any atom is 0.105 e. The highest BCUT2D eigenvalue weighted by atomic mass is 35.5. The lowest BCUT2D eigenvalue weighted by molar-refractivity contribution is 0.500. The van der Waals surface area contributed by atoms with E-state index in [2.05, 4.69) is 0 Å². The Morgan fingerprint density at radius 2 is 1.94 bits per heavy atom. The van der Waals surface area contributed by atoms with Gasteiger partial charge in [-0.3, -0.25) is 0 Å². The van der Waals surface area contributed by atoms with Crippen molar-refractivity contribution in [1.29, 1.82) is 0 Å². The summed E-state index contributed by atoms with van der Waals surface area (Å²) in [5.74, 6) is 1.77. The molecule has 1 nitrogen and oxygen atoms in total. The van der Waals surface area contributed by atoms with Crippen LogP contribution in [0.25, 0.3) is 0 Å². The molecule has 2 aromatic rings. The Morgan fingerprint density at radius 1 is 1.24 bits per heavy atom. The van der Waals surface area contributed by atoms with Gasteiger partial charge in [-0.15, -0.1) is 11.6 Å². The first kappa shape index (κ1) is 12.5. The van der Waals surface area contributed by atoms with E-state index in [4.69, 9.17) is 27.6 Å². The number of furan rings is 1. The minimum atomic E-state index is -0.104. The van der Waals surface area contributed by atoms with E-state index >= 15 is 0 Å². The van der Waals surface area contributed by atoms with E-state index in [1.165, 1.54) is 0 Å². The van der Waals surface area contributed by atoms with Crippen LogP contribution in [0.3, 0.4) is 0 Å². The molecule has 1 atom stereocenters. The summed E-state index contributed by atoms with van der Waals surface area (Å²) in [7, 11) is 0. The fraction of sp³-hybridized carbons (Fsp3) is 0.286. The van der Waals surface area contributed by atoms with Gasteiger partial charge in [0.05, 0.1) is 5.38 Å². The summed E-state index contributed by atoms with van der Waals surface area (Å²) in [6.45, 7) is 3.86. The van der Waals surface area contributed by atoms with Crippen molar-refractivity contribution in [1.82, 2.24) is 0 Å². The Kier molecular flexibility index (Phi) is 3.80. The molecule has 0 saturated carbocycles. The van der Waals surface area contributed by atoms with Crippen molar-refractivity contribution in [2.24, 2.45) is 0 Å². The van der Waals surface area contributed by atoms with E-state index < -0.39 is 0 Å². The summed E-state index contributed by atoms with van der Waals surface area (Å²) >= 11 is 12.5. The molecule has 0 bridgehead atoms. The third kappa shape index (κ3) is 2.85. The van der Waals surface area contributed by atoms with Crippen molar-refractivity contribution in [3.63, 3.8) is 0 Å². The number of aryl methyl sites for hydroxylation is 2. The molecule has 2 rings (SSSR count). The Bertz CT molecular complexity index is 517. The van der Waals surface area contributed by atoms with Crippen LogP contribution in [0, 0.1) is 13.8 Å². The number of alkyl halides is 1. The van der Waals surface area contributed by atoms with Gasteiger partial charge in [0.2, 0.25) is 0 Å². The highest BCUT2D eigenvalue weighted by Crippen LogP contribution is 2.31. The smallest absolute Gasteiger partial charge is 0.105 e. The van der Waals surface area contributed by atoms with E-state index in [1.807, 2.05) is 44.2 Å². The average Bonchev–Trinajstić information content (AvgIpc) is 2.61. The molecule has 17 heavy (non-hydrogen) atoms. The molecule has 0 spiro atoms.